The number of amides is 1. The van der Waals surface area contributed by atoms with Crippen molar-refractivity contribution in [3.8, 4) is 0 Å². The number of hydrogen-bond acceptors (Lipinski definition) is 6. The zero-order chi connectivity index (χ0) is 15.0. The average Bonchev–Trinajstić information content (AvgIpc) is 2.86. The van der Waals surface area contributed by atoms with E-state index in [1.807, 2.05) is 6.92 Å². The minimum Gasteiger partial charge on any atom is -0.463 e. The first-order valence-corrected chi connectivity index (χ1v) is 6.82. The maximum Gasteiger partial charge on any atom is 0.328 e. The second-order valence-corrected chi connectivity index (χ2v) is 4.73. The van der Waals surface area contributed by atoms with Crippen LogP contribution in [0.3, 0.4) is 0 Å². The number of unbranched alkanes of at least 4 members (excludes halogenated alkanes) is 1. The predicted molar refractivity (Wildman–Crippen MR) is 68.6 cm³/mol. The van der Waals surface area contributed by atoms with Crippen LogP contribution in [0.15, 0.2) is 0 Å². The molecule has 1 rings (SSSR count). The van der Waals surface area contributed by atoms with Gasteiger partial charge in [-0.2, -0.15) is 0 Å². The molecule has 1 heterocycles. The molecule has 1 amide bonds. The van der Waals surface area contributed by atoms with Crippen molar-refractivity contribution in [1.29, 1.82) is 0 Å². The maximum absolute atomic E-state index is 11.5. The highest BCUT2D eigenvalue weighted by Crippen LogP contribution is 2.08. The molecule has 2 unspecified atom stereocenters. The van der Waals surface area contributed by atoms with Gasteiger partial charge in [0, 0.05) is 12.8 Å². The van der Waals surface area contributed by atoms with Crippen molar-refractivity contribution < 1.29 is 29.0 Å². The molecule has 0 bridgehead atoms. The Labute approximate surface area is 117 Å². The summed E-state index contributed by atoms with van der Waals surface area (Å²) in [7, 11) is 0. The number of nitrogens with one attached hydrogen (secondary N) is 1. The van der Waals surface area contributed by atoms with Crippen molar-refractivity contribution in [2.75, 3.05) is 13.2 Å². The van der Waals surface area contributed by atoms with Crippen LogP contribution < -0.4 is 5.32 Å². The summed E-state index contributed by atoms with van der Waals surface area (Å²) in [6, 6.07) is -0.637. The van der Waals surface area contributed by atoms with Crippen LogP contribution in [0.4, 0.5) is 0 Å². The van der Waals surface area contributed by atoms with Crippen LogP contribution >= 0.6 is 0 Å². The van der Waals surface area contributed by atoms with Crippen molar-refractivity contribution in [3.05, 3.63) is 0 Å². The lowest BCUT2D eigenvalue weighted by molar-refractivity contribution is -0.154. The largest absolute Gasteiger partial charge is 0.463 e. The van der Waals surface area contributed by atoms with E-state index in [2.05, 4.69) is 5.32 Å². The fourth-order valence-corrected chi connectivity index (χ4v) is 1.70. The molecule has 2 atom stereocenters. The lowest BCUT2D eigenvalue weighted by Gasteiger charge is -2.14. The van der Waals surface area contributed by atoms with Gasteiger partial charge in [0.15, 0.2) is 0 Å². The first-order valence-electron chi connectivity index (χ1n) is 6.82. The van der Waals surface area contributed by atoms with Gasteiger partial charge in [-0.25, -0.2) is 4.79 Å². The van der Waals surface area contributed by atoms with Gasteiger partial charge < -0.3 is 19.9 Å². The molecule has 0 saturated carbocycles. The third-order valence-corrected chi connectivity index (χ3v) is 2.87. The molecule has 0 aromatic carbocycles. The average molecular weight is 287 g/mol. The van der Waals surface area contributed by atoms with Crippen LogP contribution in [-0.2, 0) is 23.9 Å². The molecular weight excluding hydrogens is 266 g/mol. The molecule has 0 radical (unpaired) electrons. The Balaban J connectivity index is 2.13. The van der Waals surface area contributed by atoms with Gasteiger partial charge >= 0.3 is 11.9 Å². The minimum absolute atomic E-state index is 0.183. The lowest BCUT2D eigenvalue weighted by Crippen LogP contribution is -2.36. The summed E-state index contributed by atoms with van der Waals surface area (Å²) < 4.78 is 9.69. The first kappa shape index (κ1) is 16.4. The van der Waals surface area contributed by atoms with Gasteiger partial charge in [0.2, 0.25) is 5.91 Å². The zero-order valence-corrected chi connectivity index (χ0v) is 11.6. The van der Waals surface area contributed by atoms with E-state index in [0.717, 1.165) is 12.8 Å². The summed E-state index contributed by atoms with van der Waals surface area (Å²) in [6.07, 6.45) is 1.60. The van der Waals surface area contributed by atoms with Gasteiger partial charge in [0.05, 0.1) is 0 Å². The van der Waals surface area contributed by atoms with Gasteiger partial charge in [-0.1, -0.05) is 13.3 Å². The molecule has 7 heteroatoms. The van der Waals surface area contributed by atoms with E-state index < -0.39 is 18.1 Å². The summed E-state index contributed by atoms with van der Waals surface area (Å²) in [5.41, 5.74) is 0. The second kappa shape index (κ2) is 8.52. The molecule has 2 N–H and O–H groups in total. The standard InChI is InChI=1S/C13H21NO6/c1-2-3-4-12(17)19-7-9(15)8-20-13(18)10-5-6-11(16)14-10/h9-10,15H,2-8H2,1H3,(H,14,16). The van der Waals surface area contributed by atoms with E-state index in [9.17, 15) is 19.5 Å². The highest BCUT2D eigenvalue weighted by molar-refractivity contribution is 5.88. The number of ether oxygens (including phenoxy) is 2. The molecule has 1 aliphatic rings. The number of rotatable bonds is 8. The summed E-state index contributed by atoms with van der Waals surface area (Å²) in [5.74, 6) is -1.13. The number of esters is 2. The zero-order valence-electron chi connectivity index (χ0n) is 11.6. The van der Waals surface area contributed by atoms with Crippen LogP contribution in [0, 0.1) is 0 Å². The molecule has 0 aromatic rings. The van der Waals surface area contributed by atoms with Crippen LogP contribution in [0.25, 0.3) is 0 Å². The smallest absolute Gasteiger partial charge is 0.328 e. The normalized spacial score (nSPS) is 19.3. The van der Waals surface area contributed by atoms with Gasteiger partial charge in [0.25, 0.3) is 0 Å². The highest BCUT2D eigenvalue weighted by Gasteiger charge is 2.28. The van der Waals surface area contributed by atoms with Crippen LogP contribution in [0.1, 0.15) is 39.0 Å². The van der Waals surface area contributed by atoms with Gasteiger partial charge in [0.1, 0.15) is 25.4 Å². The van der Waals surface area contributed by atoms with Gasteiger partial charge in [-0.15, -0.1) is 0 Å². The SMILES string of the molecule is CCCCC(=O)OCC(O)COC(=O)C1CCC(=O)N1. The Morgan fingerprint density at radius 3 is 2.70 bits per heavy atom. The minimum atomic E-state index is -1.05. The Morgan fingerprint density at radius 1 is 1.40 bits per heavy atom. The van der Waals surface area contributed by atoms with Crippen molar-refractivity contribution >= 4 is 17.8 Å². The lowest BCUT2D eigenvalue weighted by atomic mass is 10.2. The van der Waals surface area contributed by atoms with Gasteiger partial charge in [-0.3, -0.25) is 9.59 Å². The monoisotopic (exact) mass is 287 g/mol. The number of hydrogen-bond donors (Lipinski definition) is 2. The Kier molecular flexibility index (Phi) is 7.00. The maximum atomic E-state index is 11.5. The predicted octanol–water partition coefficient (Wildman–Crippen LogP) is -0.0975. The quantitative estimate of drug-likeness (QED) is 0.605. The summed E-state index contributed by atoms with van der Waals surface area (Å²) in [5, 5.41) is 12.0. The second-order valence-electron chi connectivity index (χ2n) is 4.73. The van der Waals surface area contributed by atoms with Crippen LogP contribution in [-0.4, -0.2) is 48.3 Å². The van der Waals surface area contributed by atoms with Crippen molar-refractivity contribution in [2.45, 2.75) is 51.2 Å². The number of aliphatic hydroxyl groups excluding tert-OH is 1. The van der Waals surface area contributed by atoms with E-state index in [1.54, 1.807) is 0 Å². The van der Waals surface area contributed by atoms with E-state index >= 15 is 0 Å². The third kappa shape index (κ3) is 6.01. The molecule has 1 aliphatic heterocycles. The molecule has 1 fully saturated rings. The number of carbonyl (C=O) groups is 3. The third-order valence-electron chi connectivity index (χ3n) is 2.87. The molecule has 0 spiro atoms. The Hall–Kier alpha value is -1.63. The van der Waals surface area contributed by atoms with E-state index in [0.29, 0.717) is 19.3 Å². The van der Waals surface area contributed by atoms with E-state index in [1.165, 1.54) is 0 Å². The topological polar surface area (TPSA) is 102 Å². The fourth-order valence-electron chi connectivity index (χ4n) is 1.70. The first-order chi connectivity index (χ1) is 9.52. The van der Waals surface area contributed by atoms with Crippen molar-refractivity contribution in [1.82, 2.24) is 5.32 Å². The molecule has 114 valence electrons. The molecule has 0 aromatic heterocycles. The van der Waals surface area contributed by atoms with Gasteiger partial charge in [-0.05, 0) is 12.8 Å². The highest BCUT2D eigenvalue weighted by atomic mass is 16.6. The fraction of sp³-hybridized carbons (Fsp3) is 0.769. The molecule has 20 heavy (non-hydrogen) atoms. The summed E-state index contributed by atoms with van der Waals surface area (Å²) >= 11 is 0. The molecular formula is C13H21NO6. The summed E-state index contributed by atoms with van der Waals surface area (Å²) in [4.78, 5) is 33.7. The molecule has 7 nitrogen and oxygen atoms in total. The molecule has 1 saturated heterocycles. The van der Waals surface area contributed by atoms with E-state index in [4.69, 9.17) is 9.47 Å². The Morgan fingerprint density at radius 2 is 2.10 bits per heavy atom. The number of carbonyl (C=O) groups excluding carboxylic acids is 3. The summed E-state index contributed by atoms with van der Waals surface area (Å²) in [6.45, 7) is 1.50. The van der Waals surface area contributed by atoms with Crippen LogP contribution in [0.2, 0.25) is 0 Å². The molecule has 0 aliphatic carbocycles. The van der Waals surface area contributed by atoms with Crippen molar-refractivity contribution in [2.24, 2.45) is 0 Å². The van der Waals surface area contributed by atoms with Crippen LogP contribution in [0.5, 0.6) is 0 Å². The Bertz CT molecular complexity index is 357. The van der Waals surface area contributed by atoms with Crippen molar-refractivity contribution in [3.63, 3.8) is 0 Å². The number of aliphatic hydroxyl groups is 1. The van der Waals surface area contributed by atoms with E-state index in [-0.39, 0.29) is 25.1 Å².